The Hall–Kier alpha value is -1.58. The van der Waals surface area contributed by atoms with Crippen LogP contribution in [-0.2, 0) is 9.59 Å². The first-order valence-electron chi connectivity index (χ1n) is 2.82. The Kier molecular flexibility index (Phi) is 3.66. The molecule has 0 aliphatic carbocycles. The minimum Gasteiger partial charge on any atom is -0.878 e. The molecular formula is C7H7O4-. The molecule has 0 rings (SSSR count). The molecule has 0 amide bonds. The fraction of sp³-hybridized carbons (Fsp3) is 0.143. The molecule has 0 atom stereocenters. The van der Waals surface area contributed by atoms with Crippen LogP contribution in [0.5, 0.6) is 0 Å². The summed E-state index contributed by atoms with van der Waals surface area (Å²) in [5.74, 6) is -2.56. The van der Waals surface area contributed by atoms with Crippen molar-refractivity contribution in [3.8, 4) is 0 Å². The Morgan fingerprint density at radius 3 is 2.27 bits per heavy atom. The van der Waals surface area contributed by atoms with E-state index in [4.69, 9.17) is 5.11 Å². The summed E-state index contributed by atoms with van der Waals surface area (Å²) in [6, 6.07) is 0. The van der Waals surface area contributed by atoms with Gasteiger partial charge in [-0.15, -0.1) is 6.26 Å². The maximum atomic E-state index is 10.3. The predicted molar refractivity (Wildman–Crippen MR) is 35.5 cm³/mol. The number of carboxylic acids is 1. The van der Waals surface area contributed by atoms with Crippen LogP contribution in [0.25, 0.3) is 0 Å². The van der Waals surface area contributed by atoms with Crippen molar-refractivity contribution in [2.75, 3.05) is 0 Å². The van der Waals surface area contributed by atoms with Gasteiger partial charge in [-0.1, -0.05) is 11.6 Å². The lowest BCUT2D eigenvalue weighted by Crippen LogP contribution is -2.08. The Balaban J connectivity index is 4.15. The highest BCUT2D eigenvalue weighted by atomic mass is 16.4. The van der Waals surface area contributed by atoms with Crippen molar-refractivity contribution in [3.05, 3.63) is 24.0 Å². The lowest BCUT2D eigenvalue weighted by molar-refractivity contribution is -0.275. The van der Waals surface area contributed by atoms with Crippen molar-refractivity contribution >= 4 is 11.8 Å². The summed E-state index contributed by atoms with van der Waals surface area (Å²) < 4.78 is 0. The molecule has 0 unspecified atom stereocenters. The van der Waals surface area contributed by atoms with Crippen molar-refractivity contribution in [1.29, 1.82) is 0 Å². The molecular weight excluding hydrogens is 148 g/mol. The third kappa shape index (κ3) is 3.91. The zero-order valence-corrected chi connectivity index (χ0v) is 5.90. The summed E-state index contributed by atoms with van der Waals surface area (Å²) in [7, 11) is 0. The fourth-order valence-electron chi connectivity index (χ4n) is 0.318. The lowest BCUT2D eigenvalue weighted by atomic mass is 10.2. The highest BCUT2D eigenvalue weighted by Gasteiger charge is 2.04. The molecule has 0 radical (unpaired) electrons. The molecule has 0 bridgehead atoms. The number of carbonyl (C=O) groups is 2. The number of carbonyl (C=O) groups excluding carboxylic acids is 1. The Bertz CT molecular complexity index is 225. The number of ketones is 1. The van der Waals surface area contributed by atoms with E-state index >= 15 is 0 Å². The van der Waals surface area contributed by atoms with Crippen LogP contribution in [0.1, 0.15) is 6.92 Å². The van der Waals surface area contributed by atoms with Crippen LogP contribution in [-0.4, -0.2) is 16.9 Å². The van der Waals surface area contributed by atoms with E-state index in [9.17, 15) is 14.7 Å². The van der Waals surface area contributed by atoms with Crippen molar-refractivity contribution in [1.82, 2.24) is 0 Å². The van der Waals surface area contributed by atoms with Crippen molar-refractivity contribution in [3.63, 3.8) is 0 Å². The van der Waals surface area contributed by atoms with Gasteiger partial charge in [0.05, 0.1) is 0 Å². The molecule has 60 valence electrons. The molecule has 0 fully saturated rings. The normalized spacial score (nSPS) is 11.9. The first-order valence-corrected chi connectivity index (χ1v) is 2.82. The number of rotatable bonds is 3. The number of carboxylic acid groups (broad SMARTS) is 1. The second-order valence-electron chi connectivity index (χ2n) is 1.86. The van der Waals surface area contributed by atoms with Gasteiger partial charge in [0.1, 0.15) is 0 Å². The van der Waals surface area contributed by atoms with E-state index in [0.29, 0.717) is 11.8 Å². The molecule has 0 aliphatic heterocycles. The fourth-order valence-corrected chi connectivity index (χ4v) is 0.318. The molecule has 0 aliphatic rings. The third-order valence-corrected chi connectivity index (χ3v) is 0.894. The van der Waals surface area contributed by atoms with Gasteiger partial charge in [0.15, 0.2) is 0 Å². The Morgan fingerprint density at radius 2 is 1.91 bits per heavy atom. The Labute approximate surface area is 63.5 Å². The lowest BCUT2D eigenvalue weighted by Gasteiger charge is -1.92. The summed E-state index contributed by atoms with van der Waals surface area (Å²) in [6.07, 6.45) is 2.53. The van der Waals surface area contributed by atoms with Gasteiger partial charge in [-0.25, -0.2) is 4.79 Å². The van der Waals surface area contributed by atoms with Gasteiger partial charge in [-0.05, 0) is 13.0 Å². The number of hydrogen-bond donors (Lipinski definition) is 1. The van der Waals surface area contributed by atoms with E-state index < -0.39 is 11.8 Å². The van der Waals surface area contributed by atoms with Gasteiger partial charge in [0.25, 0.3) is 5.78 Å². The molecule has 1 N–H and O–H groups in total. The summed E-state index contributed by atoms with van der Waals surface area (Å²) in [6.45, 7) is 1.47. The standard InChI is InChI=1S/C7H8O4/c1-5(4-8)2-3-6(9)7(10)11/h2-4,8H,1H3,(H,10,11)/p-1/b3-2+,5-4-. The average Bonchev–Trinajstić information content (AvgIpc) is 1.99. The molecule has 0 saturated carbocycles. The zero-order valence-electron chi connectivity index (χ0n) is 5.90. The maximum absolute atomic E-state index is 10.3. The minimum atomic E-state index is -1.53. The van der Waals surface area contributed by atoms with Gasteiger partial charge in [0.2, 0.25) is 0 Å². The topological polar surface area (TPSA) is 77.4 Å². The second-order valence-corrected chi connectivity index (χ2v) is 1.86. The van der Waals surface area contributed by atoms with E-state index in [2.05, 4.69) is 0 Å². The second kappa shape index (κ2) is 4.27. The van der Waals surface area contributed by atoms with Crippen LogP contribution in [0.3, 0.4) is 0 Å². The van der Waals surface area contributed by atoms with Crippen LogP contribution in [0.4, 0.5) is 0 Å². The van der Waals surface area contributed by atoms with Gasteiger partial charge in [0, 0.05) is 0 Å². The largest absolute Gasteiger partial charge is 0.878 e. The predicted octanol–water partition coefficient (Wildman–Crippen LogP) is -0.540. The smallest absolute Gasteiger partial charge is 0.376 e. The molecule has 4 nitrogen and oxygen atoms in total. The molecule has 11 heavy (non-hydrogen) atoms. The van der Waals surface area contributed by atoms with Gasteiger partial charge >= 0.3 is 5.97 Å². The van der Waals surface area contributed by atoms with Crippen molar-refractivity contribution in [2.24, 2.45) is 0 Å². The maximum Gasteiger partial charge on any atom is 0.376 e. The molecule has 0 saturated heterocycles. The molecule has 0 heterocycles. The van der Waals surface area contributed by atoms with Crippen LogP contribution >= 0.6 is 0 Å². The molecule has 4 heteroatoms. The van der Waals surface area contributed by atoms with Crippen LogP contribution in [0.2, 0.25) is 0 Å². The number of hydrogen-bond acceptors (Lipinski definition) is 3. The van der Waals surface area contributed by atoms with Crippen LogP contribution < -0.4 is 5.11 Å². The van der Waals surface area contributed by atoms with Gasteiger partial charge < -0.3 is 10.2 Å². The molecule has 0 aromatic rings. The van der Waals surface area contributed by atoms with Crippen LogP contribution in [0, 0.1) is 0 Å². The van der Waals surface area contributed by atoms with E-state index in [1.807, 2.05) is 0 Å². The van der Waals surface area contributed by atoms with Crippen molar-refractivity contribution < 1.29 is 19.8 Å². The summed E-state index contributed by atoms with van der Waals surface area (Å²) in [5, 5.41) is 18.0. The Morgan fingerprint density at radius 1 is 1.36 bits per heavy atom. The monoisotopic (exact) mass is 155 g/mol. The van der Waals surface area contributed by atoms with E-state index in [1.54, 1.807) is 0 Å². The molecule has 0 aromatic heterocycles. The quantitative estimate of drug-likeness (QED) is 0.257. The molecule has 0 spiro atoms. The average molecular weight is 155 g/mol. The minimum absolute atomic E-state index is 0.305. The first kappa shape index (κ1) is 9.42. The van der Waals surface area contributed by atoms with Crippen molar-refractivity contribution in [2.45, 2.75) is 6.92 Å². The number of allylic oxidation sites excluding steroid dienone is 2. The highest BCUT2D eigenvalue weighted by molar-refractivity contribution is 6.37. The van der Waals surface area contributed by atoms with Gasteiger partial charge in [-0.2, -0.15) is 0 Å². The highest BCUT2D eigenvalue weighted by Crippen LogP contribution is 1.90. The van der Waals surface area contributed by atoms with E-state index in [0.717, 1.165) is 12.2 Å². The summed E-state index contributed by atoms with van der Waals surface area (Å²) in [4.78, 5) is 20.2. The SMILES string of the molecule is CC(=C/[O-])/C=C/C(=O)C(=O)O. The summed E-state index contributed by atoms with van der Waals surface area (Å²) >= 11 is 0. The summed E-state index contributed by atoms with van der Waals surface area (Å²) in [5.41, 5.74) is 0.305. The zero-order chi connectivity index (χ0) is 8.85. The van der Waals surface area contributed by atoms with Crippen LogP contribution in [0.15, 0.2) is 24.0 Å². The van der Waals surface area contributed by atoms with E-state index in [1.165, 1.54) is 6.92 Å². The van der Waals surface area contributed by atoms with E-state index in [-0.39, 0.29) is 0 Å². The molecule has 0 aromatic carbocycles. The van der Waals surface area contributed by atoms with Gasteiger partial charge in [-0.3, -0.25) is 4.79 Å². The number of aliphatic carboxylic acids is 1. The first-order chi connectivity index (χ1) is 5.07. The third-order valence-electron chi connectivity index (χ3n) is 0.894.